The first-order chi connectivity index (χ1) is 12.5. The summed E-state index contributed by atoms with van der Waals surface area (Å²) in [5.74, 6) is 0.135. The second kappa shape index (κ2) is 8.21. The summed E-state index contributed by atoms with van der Waals surface area (Å²) in [6.07, 6.45) is 4.58. The van der Waals surface area contributed by atoms with E-state index < -0.39 is 6.61 Å². The molecule has 7 heteroatoms. The molecule has 1 unspecified atom stereocenters. The molecule has 1 aromatic carbocycles. The van der Waals surface area contributed by atoms with Crippen LogP contribution in [0, 0.1) is 0 Å². The van der Waals surface area contributed by atoms with Gasteiger partial charge in [-0.1, -0.05) is 12.1 Å². The first-order valence-electron chi connectivity index (χ1n) is 8.74. The molecule has 1 aliphatic heterocycles. The van der Waals surface area contributed by atoms with Crippen molar-refractivity contribution in [2.75, 3.05) is 13.1 Å². The van der Waals surface area contributed by atoms with E-state index in [1.807, 2.05) is 24.2 Å². The molecule has 2 aromatic rings. The lowest BCUT2D eigenvalue weighted by atomic mass is 10.1. The molecule has 1 N–H and O–H groups in total. The molecule has 1 fully saturated rings. The Morgan fingerprint density at radius 2 is 2.08 bits per heavy atom. The van der Waals surface area contributed by atoms with Crippen LogP contribution in [0.5, 0.6) is 5.75 Å². The van der Waals surface area contributed by atoms with Crippen LogP contribution in [-0.2, 0) is 13.5 Å². The fraction of sp³-hybridized carbons (Fsp3) is 0.421. The first-order valence-corrected chi connectivity index (χ1v) is 8.74. The Kier molecular flexibility index (Phi) is 5.75. The van der Waals surface area contributed by atoms with Crippen LogP contribution in [0.15, 0.2) is 42.6 Å². The number of urea groups is 1. The number of aryl methyl sites for hydroxylation is 1. The van der Waals surface area contributed by atoms with Crippen LogP contribution >= 0.6 is 0 Å². The number of alkyl halides is 2. The lowest BCUT2D eigenvalue weighted by Gasteiger charge is -2.25. The number of ether oxygens (including phenoxy) is 1. The highest BCUT2D eigenvalue weighted by Crippen LogP contribution is 2.31. The van der Waals surface area contributed by atoms with Crippen LogP contribution < -0.4 is 10.1 Å². The number of nitrogens with zero attached hydrogens (tertiary/aromatic N) is 2. The molecule has 2 amide bonds. The van der Waals surface area contributed by atoms with Gasteiger partial charge in [0.15, 0.2) is 0 Å². The van der Waals surface area contributed by atoms with Gasteiger partial charge in [0, 0.05) is 32.0 Å². The smallest absolute Gasteiger partial charge is 0.387 e. The third kappa shape index (κ3) is 4.33. The third-order valence-corrected chi connectivity index (χ3v) is 4.68. The quantitative estimate of drug-likeness (QED) is 0.850. The van der Waals surface area contributed by atoms with E-state index in [0.29, 0.717) is 13.0 Å². The molecular weight excluding hydrogens is 340 g/mol. The molecule has 140 valence electrons. The minimum Gasteiger partial charge on any atom is -0.435 e. The van der Waals surface area contributed by atoms with E-state index in [1.54, 1.807) is 12.1 Å². The van der Waals surface area contributed by atoms with Gasteiger partial charge in [-0.25, -0.2) is 4.79 Å². The Morgan fingerprint density at radius 3 is 2.73 bits per heavy atom. The number of carbonyl (C=O) groups excluding carboxylic acids is 1. The molecule has 26 heavy (non-hydrogen) atoms. The zero-order valence-electron chi connectivity index (χ0n) is 14.7. The van der Waals surface area contributed by atoms with Gasteiger partial charge in [0.25, 0.3) is 0 Å². The van der Waals surface area contributed by atoms with Crippen molar-refractivity contribution >= 4 is 6.03 Å². The van der Waals surface area contributed by atoms with Crippen LogP contribution in [-0.4, -0.2) is 35.2 Å². The second-order valence-electron chi connectivity index (χ2n) is 6.40. The lowest BCUT2D eigenvalue weighted by Crippen LogP contribution is -2.40. The molecule has 1 aliphatic rings. The minimum atomic E-state index is -2.82. The van der Waals surface area contributed by atoms with Crippen LogP contribution in [0.3, 0.4) is 0 Å². The predicted molar refractivity (Wildman–Crippen MR) is 94.3 cm³/mol. The molecule has 2 heterocycles. The molecule has 1 aromatic heterocycles. The van der Waals surface area contributed by atoms with Crippen molar-refractivity contribution in [3.05, 3.63) is 53.9 Å². The molecule has 0 saturated carbocycles. The number of hydrogen-bond acceptors (Lipinski definition) is 2. The maximum Gasteiger partial charge on any atom is 0.387 e. The van der Waals surface area contributed by atoms with E-state index >= 15 is 0 Å². The van der Waals surface area contributed by atoms with Crippen molar-refractivity contribution in [3.8, 4) is 5.75 Å². The molecule has 0 bridgehead atoms. The van der Waals surface area contributed by atoms with Crippen molar-refractivity contribution < 1.29 is 18.3 Å². The molecular formula is C19H23F2N3O2. The van der Waals surface area contributed by atoms with Gasteiger partial charge in [0.05, 0.1) is 6.04 Å². The van der Waals surface area contributed by atoms with Gasteiger partial charge in [0.2, 0.25) is 0 Å². The summed E-state index contributed by atoms with van der Waals surface area (Å²) < 4.78 is 30.7. The number of benzene rings is 1. The molecule has 1 saturated heterocycles. The fourth-order valence-electron chi connectivity index (χ4n) is 3.39. The maximum atomic E-state index is 12.5. The normalized spacial score (nSPS) is 16.9. The highest BCUT2D eigenvalue weighted by Gasteiger charge is 2.31. The topological polar surface area (TPSA) is 46.5 Å². The van der Waals surface area contributed by atoms with Gasteiger partial charge >= 0.3 is 12.6 Å². The molecule has 0 radical (unpaired) electrons. The summed E-state index contributed by atoms with van der Waals surface area (Å²) in [5, 5.41) is 2.96. The number of carbonyl (C=O) groups is 1. The van der Waals surface area contributed by atoms with E-state index in [1.165, 1.54) is 12.1 Å². The maximum absolute atomic E-state index is 12.5. The summed E-state index contributed by atoms with van der Waals surface area (Å²) in [6.45, 7) is -1.58. The Balaban J connectivity index is 1.50. The zero-order chi connectivity index (χ0) is 18.5. The Hall–Kier alpha value is -2.57. The third-order valence-electron chi connectivity index (χ3n) is 4.68. The zero-order valence-corrected chi connectivity index (χ0v) is 14.7. The summed E-state index contributed by atoms with van der Waals surface area (Å²) in [7, 11) is 1.99. The van der Waals surface area contributed by atoms with Crippen molar-refractivity contribution in [1.29, 1.82) is 0 Å². The number of likely N-dealkylation sites (tertiary alicyclic amines) is 1. The van der Waals surface area contributed by atoms with E-state index in [4.69, 9.17) is 0 Å². The van der Waals surface area contributed by atoms with Crippen LogP contribution in [0.1, 0.15) is 30.1 Å². The van der Waals surface area contributed by atoms with Gasteiger partial charge in [0.1, 0.15) is 5.75 Å². The van der Waals surface area contributed by atoms with Crippen LogP contribution in [0.25, 0.3) is 0 Å². The number of rotatable bonds is 6. The Morgan fingerprint density at radius 1 is 1.31 bits per heavy atom. The average Bonchev–Trinajstić information content (AvgIpc) is 3.24. The summed E-state index contributed by atoms with van der Waals surface area (Å²) in [5.41, 5.74) is 2.10. The van der Waals surface area contributed by atoms with E-state index in [9.17, 15) is 13.6 Å². The van der Waals surface area contributed by atoms with E-state index in [0.717, 1.165) is 30.6 Å². The van der Waals surface area contributed by atoms with Gasteiger partial charge in [-0.05, 0) is 49.1 Å². The van der Waals surface area contributed by atoms with Gasteiger partial charge < -0.3 is 19.5 Å². The molecule has 1 atom stereocenters. The Bertz CT molecular complexity index is 731. The van der Waals surface area contributed by atoms with Crippen LogP contribution in [0.2, 0.25) is 0 Å². The fourth-order valence-corrected chi connectivity index (χ4v) is 3.39. The summed E-state index contributed by atoms with van der Waals surface area (Å²) in [4.78, 5) is 14.4. The van der Waals surface area contributed by atoms with Crippen molar-refractivity contribution in [1.82, 2.24) is 14.8 Å². The standard InChI is InChI=1S/C19H23F2N3O2/c1-23-12-2-4-16(23)17-5-3-13-24(17)19(25)22-11-10-14-6-8-15(9-7-14)26-18(20)21/h2,4,6-9,12,17-18H,3,5,10-11,13H2,1H3,(H,22,25). The number of amides is 2. The molecule has 3 rings (SSSR count). The van der Waals surface area contributed by atoms with Crippen molar-refractivity contribution in [2.45, 2.75) is 31.9 Å². The Labute approximate surface area is 151 Å². The number of aromatic nitrogens is 1. The highest BCUT2D eigenvalue weighted by molar-refractivity contribution is 5.75. The lowest BCUT2D eigenvalue weighted by molar-refractivity contribution is -0.0498. The monoisotopic (exact) mass is 363 g/mol. The number of hydrogen-bond donors (Lipinski definition) is 1. The highest BCUT2D eigenvalue weighted by atomic mass is 19.3. The summed E-state index contributed by atoms with van der Waals surface area (Å²) >= 11 is 0. The van der Waals surface area contributed by atoms with Crippen molar-refractivity contribution in [2.24, 2.45) is 7.05 Å². The number of nitrogens with one attached hydrogen (secondary N) is 1. The molecule has 5 nitrogen and oxygen atoms in total. The number of halogens is 2. The first kappa shape index (κ1) is 18.2. The largest absolute Gasteiger partial charge is 0.435 e. The van der Waals surface area contributed by atoms with Crippen molar-refractivity contribution in [3.63, 3.8) is 0 Å². The molecule has 0 aliphatic carbocycles. The summed E-state index contributed by atoms with van der Waals surface area (Å²) in [6, 6.07) is 10.6. The second-order valence-corrected chi connectivity index (χ2v) is 6.40. The van der Waals surface area contributed by atoms with Crippen LogP contribution in [0.4, 0.5) is 13.6 Å². The SMILES string of the molecule is Cn1cccc1C1CCCN1C(=O)NCCc1ccc(OC(F)F)cc1. The van der Waals surface area contributed by atoms with E-state index in [2.05, 4.69) is 20.7 Å². The van der Waals surface area contributed by atoms with Gasteiger partial charge in [-0.15, -0.1) is 0 Å². The average molecular weight is 363 g/mol. The van der Waals surface area contributed by atoms with E-state index in [-0.39, 0.29) is 17.8 Å². The minimum absolute atomic E-state index is 0.0636. The van der Waals surface area contributed by atoms with Gasteiger partial charge in [-0.2, -0.15) is 8.78 Å². The van der Waals surface area contributed by atoms with Gasteiger partial charge in [-0.3, -0.25) is 0 Å². The molecule has 0 spiro atoms. The predicted octanol–water partition coefficient (Wildman–Crippen LogP) is 3.72.